The quantitative estimate of drug-likeness (QED) is 0.712. The molecule has 0 atom stereocenters. The number of benzene rings is 1. The van der Waals surface area contributed by atoms with Gasteiger partial charge in [-0.05, 0) is 49.0 Å². The molecule has 94 valence electrons. The lowest BCUT2D eigenvalue weighted by molar-refractivity contribution is 0.0596. The summed E-state index contributed by atoms with van der Waals surface area (Å²) in [4.78, 5) is 11.8. The van der Waals surface area contributed by atoms with E-state index in [1.54, 1.807) is 0 Å². The fraction of sp³-hybridized carbons (Fsp3) is 0.400. The van der Waals surface area contributed by atoms with E-state index in [2.05, 4.69) is 6.08 Å². The van der Waals surface area contributed by atoms with Crippen LogP contribution in [0.3, 0.4) is 0 Å². The number of ether oxygens (including phenoxy) is 2. The maximum Gasteiger partial charge on any atom is 0.341 e. The van der Waals surface area contributed by atoms with Gasteiger partial charge in [0.25, 0.3) is 0 Å². The number of hydrogen-bond acceptors (Lipinski definition) is 3. The van der Waals surface area contributed by atoms with E-state index < -0.39 is 0 Å². The number of hydrogen-bond donors (Lipinski definition) is 0. The van der Waals surface area contributed by atoms with Gasteiger partial charge in [-0.3, -0.25) is 0 Å². The fourth-order valence-electron chi connectivity index (χ4n) is 2.81. The number of rotatable bonds is 1. The third kappa shape index (κ3) is 1.70. The Balaban J connectivity index is 2.22. The summed E-state index contributed by atoms with van der Waals surface area (Å²) in [6.45, 7) is 0.524. The molecule has 0 aromatic heterocycles. The Morgan fingerprint density at radius 3 is 3.00 bits per heavy atom. The van der Waals surface area contributed by atoms with Gasteiger partial charge in [0.05, 0.1) is 7.11 Å². The van der Waals surface area contributed by atoms with Crippen molar-refractivity contribution in [1.82, 2.24) is 0 Å². The number of esters is 1. The largest absolute Gasteiger partial charge is 0.488 e. The molecule has 0 spiro atoms. The van der Waals surface area contributed by atoms with E-state index in [4.69, 9.17) is 9.47 Å². The van der Waals surface area contributed by atoms with Crippen molar-refractivity contribution in [3.63, 3.8) is 0 Å². The topological polar surface area (TPSA) is 35.5 Å². The van der Waals surface area contributed by atoms with Crippen molar-refractivity contribution < 1.29 is 14.3 Å². The van der Waals surface area contributed by atoms with Gasteiger partial charge in [-0.2, -0.15) is 0 Å². The first-order chi connectivity index (χ1) is 8.81. The van der Waals surface area contributed by atoms with E-state index in [1.807, 2.05) is 12.1 Å². The summed E-state index contributed by atoms with van der Waals surface area (Å²) >= 11 is 0. The summed E-state index contributed by atoms with van der Waals surface area (Å²) in [7, 11) is 1.41. The van der Waals surface area contributed by atoms with E-state index in [1.165, 1.54) is 31.1 Å². The van der Waals surface area contributed by atoms with Crippen molar-refractivity contribution in [2.75, 3.05) is 13.7 Å². The molecule has 18 heavy (non-hydrogen) atoms. The van der Waals surface area contributed by atoms with Crippen LogP contribution in [0.1, 0.15) is 39.9 Å². The molecule has 0 N–H and O–H groups in total. The van der Waals surface area contributed by atoms with Crippen molar-refractivity contribution in [2.24, 2.45) is 0 Å². The van der Waals surface area contributed by atoms with Gasteiger partial charge in [-0.15, -0.1) is 0 Å². The maximum atomic E-state index is 11.8. The van der Waals surface area contributed by atoms with Gasteiger partial charge in [-0.25, -0.2) is 4.79 Å². The summed E-state index contributed by atoms with van der Waals surface area (Å²) in [6, 6.07) is 1.96. The standard InChI is InChI=1S/C15H16O3/c1-17-15(16)13-9-10-5-2-3-6-11(10)12-7-4-8-18-14(12)13/h4,7,9H,2-3,5-6,8H2,1H3. The Kier molecular flexibility index (Phi) is 2.82. The van der Waals surface area contributed by atoms with Crippen molar-refractivity contribution >= 4 is 12.0 Å². The molecule has 0 saturated heterocycles. The van der Waals surface area contributed by atoms with Crippen LogP contribution in [0.5, 0.6) is 5.75 Å². The van der Waals surface area contributed by atoms with E-state index >= 15 is 0 Å². The van der Waals surface area contributed by atoms with Crippen LogP contribution in [0.15, 0.2) is 12.1 Å². The number of carbonyl (C=O) groups excluding carboxylic acids is 1. The van der Waals surface area contributed by atoms with Crippen LogP contribution in [0.2, 0.25) is 0 Å². The zero-order valence-electron chi connectivity index (χ0n) is 10.5. The Hall–Kier alpha value is -1.77. The summed E-state index contributed by atoms with van der Waals surface area (Å²) in [6.07, 6.45) is 8.60. The molecule has 1 aliphatic carbocycles. The number of fused-ring (bicyclic) bond motifs is 3. The smallest absolute Gasteiger partial charge is 0.341 e. The third-order valence-corrected chi connectivity index (χ3v) is 3.66. The molecule has 1 aromatic carbocycles. The van der Waals surface area contributed by atoms with Gasteiger partial charge in [0.1, 0.15) is 17.9 Å². The van der Waals surface area contributed by atoms with Gasteiger partial charge in [-0.1, -0.05) is 6.08 Å². The molecular weight excluding hydrogens is 228 g/mol. The Morgan fingerprint density at radius 2 is 2.17 bits per heavy atom. The summed E-state index contributed by atoms with van der Waals surface area (Å²) in [5, 5.41) is 0. The SMILES string of the molecule is COC(=O)c1cc2c(c3c1OCC=C3)CCCC2. The highest BCUT2D eigenvalue weighted by molar-refractivity contribution is 5.95. The summed E-state index contributed by atoms with van der Waals surface area (Å²) in [5.41, 5.74) is 4.27. The first kappa shape index (κ1) is 11.3. The molecule has 0 saturated carbocycles. The molecule has 0 bridgehead atoms. The van der Waals surface area contributed by atoms with Gasteiger partial charge in [0.15, 0.2) is 0 Å². The van der Waals surface area contributed by atoms with Crippen molar-refractivity contribution in [2.45, 2.75) is 25.7 Å². The van der Waals surface area contributed by atoms with Gasteiger partial charge in [0, 0.05) is 5.56 Å². The molecule has 1 heterocycles. The van der Waals surface area contributed by atoms with Crippen molar-refractivity contribution in [3.05, 3.63) is 34.4 Å². The normalized spacial score (nSPS) is 16.5. The fourth-order valence-corrected chi connectivity index (χ4v) is 2.81. The lowest BCUT2D eigenvalue weighted by Gasteiger charge is -2.24. The van der Waals surface area contributed by atoms with Gasteiger partial charge < -0.3 is 9.47 Å². The molecule has 0 unspecified atom stereocenters. The zero-order valence-corrected chi connectivity index (χ0v) is 10.5. The van der Waals surface area contributed by atoms with Crippen LogP contribution >= 0.6 is 0 Å². The minimum atomic E-state index is -0.310. The van der Waals surface area contributed by atoms with Crippen molar-refractivity contribution in [1.29, 1.82) is 0 Å². The summed E-state index contributed by atoms with van der Waals surface area (Å²) < 4.78 is 10.5. The second-order valence-electron chi connectivity index (χ2n) is 4.72. The first-order valence-electron chi connectivity index (χ1n) is 6.37. The second-order valence-corrected chi connectivity index (χ2v) is 4.72. The summed E-state index contributed by atoms with van der Waals surface area (Å²) in [5.74, 6) is 0.389. The molecule has 2 aliphatic rings. The highest BCUT2D eigenvalue weighted by atomic mass is 16.5. The molecule has 3 nitrogen and oxygen atoms in total. The molecule has 0 radical (unpaired) electrons. The molecule has 1 aromatic rings. The van der Waals surface area contributed by atoms with Gasteiger partial charge >= 0.3 is 5.97 Å². The zero-order chi connectivity index (χ0) is 12.5. The molecule has 3 rings (SSSR count). The number of carbonyl (C=O) groups is 1. The maximum absolute atomic E-state index is 11.8. The van der Waals surface area contributed by atoms with Crippen LogP contribution in [0, 0.1) is 0 Å². The minimum absolute atomic E-state index is 0.310. The van der Waals surface area contributed by atoms with E-state index in [-0.39, 0.29) is 5.97 Å². The Morgan fingerprint density at radius 1 is 1.33 bits per heavy atom. The first-order valence-corrected chi connectivity index (χ1v) is 6.37. The average molecular weight is 244 g/mol. The van der Waals surface area contributed by atoms with E-state index in [0.29, 0.717) is 17.9 Å². The lowest BCUT2D eigenvalue weighted by atomic mass is 9.85. The Bertz CT molecular complexity index is 529. The Labute approximate surface area is 106 Å². The van der Waals surface area contributed by atoms with Gasteiger partial charge in [0.2, 0.25) is 0 Å². The monoisotopic (exact) mass is 244 g/mol. The highest BCUT2D eigenvalue weighted by Gasteiger charge is 2.24. The predicted molar refractivity (Wildman–Crippen MR) is 69.0 cm³/mol. The highest BCUT2D eigenvalue weighted by Crippen LogP contribution is 2.37. The molecular formula is C15H16O3. The molecule has 3 heteroatoms. The van der Waals surface area contributed by atoms with E-state index in [0.717, 1.165) is 18.4 Å². The van der Waals surface area contributed by atoms with Crippen LogP contribution in [0.4, 0.5) is 0 Å². The third-order valence-electron chi connectivity index (χ3n) is 3.66. The van der Waals surface area contributed by atoms with Crippen molar-refractivity contribution in [3.8, 4) is 5.75 Å². The lowest BCUT2D eigenvalue weighted by Crippen LogP contribution is -2.15. The number of aryl methyl sites for hydroxylation is 1. The van der Waals surface area contributed by atoms with Crippen LogP contribution in [-0.4, -0.2) is 19.7 Å². The van der Waals surface area contributed by atoms with Crippen LogP contribution in [0.25, 0.3) is 6.08 Å². The van der Waals surface area contributed by atoms with Crippen LogP contribution in [-0.2, 0) is 17.6 Å². The van der Waals surface area contributed by atoms with E-state index in [9.17, 15) is 4.79 Å². The molecule has 0 fully saturated rings. The molecule has 0 amide bonds. The van der Waals surface area contributed by atoms with Crippen LogP contribution < -0.4 is 4.74 Å². The predicted octanol–water partition coefficient (Wildman–Crippen LogP) is 2.76. The average Bonchev–Trinajstić information content (AvgIpc) is 2.45. The second kappa shape index (κ2) is 4.48. The minimum Gasteiger partial charge on any atom is -0.488 e. The number of methoxy groups -OCH3 is 1. The molecule has 1 aliphatic heterocycles.